The van der Waals surface area contributed by atoms with Gasteiger partial charge < -0.3 is 0 Å². The van der Waals surface area contributed by atoms with E-state index in [1.807, 2.05) is 0 Å². The molecule has 0 heterocycles. The summed E-state index contributed by atoms with van der Waals surface area (Å²) in [5.41, 5.74) is 0. The van der Waals surface area contributed by atoms with Crippen molar-refractivity contribution < 1.29 is 4.79 Å². The van der Waals surface area contributed by atoms with Crippen molar-refractivity contribution >= 4 is 5.78 Å². The average Bonchev–Trinajstić information content (AvgIpc) is 2.07. The number of fused-ring (bicyclic) bond motifs is 1. The molecule has 0 aromatic rings. The number of hydrogen-bond acceptors (Lipinski definition) is 1. The van der Waals surface area contributed by atoms with Crippen LogP contribution in [-0.4, -0.2) is 5.78 Å². The summed E-state index contributed by atoms with van der Waals surface area (Å²) in [6.45, 7) is 2.26. The molecule has 2 fully saturated rings. The second-order valence-corrected chi connectivity index (χ2v) is 3.49. The van der Waals surface area contributed by atoms with Crippen LogP contribution in [0.15, 0.2) is 0 Å². The largest absolute Gasteiger partial charge is 0.299 e. The molecule has 2 aliphatic carbocycles. The van der Waals surface area contributed by atoms with E-state index >= 15 is 0 Å². The highest BCUT2D eigenvalue weighted by molar-refractivity contribution is 5.84. The SMILES string of the molecule is C[C@@H]1C[C@@H]2C(=O)CC[C@@H]12. The van der Waals surface area contributed by atoms with Gasteiger partial charge >= 0.3 is 0 Å². The topological polar surface area (TPSA) is 17.1 Å². The molecular weight excluding hydrogens is 112 g/mol. The predicted molar refractivity (Wildman–Crippen MR) is 35.0 cm³/mol. The highest BCUT2D eigenvalue weighted by Gasteiger charge is 2.46. The van der Waals surface area contributed by atoms with Crippen molar-refractivity contribution in [3.63, 3.8) is 0 Å². The molecule has 0 bridgehead atoms. The molecule has 0 unspecified atom stereocenters. The van der Waals surface area contributed by atoms with Crippen LogP contribution >= 0.6 is 0 Å². The lowest BCUT2D eigenvalue weighted by Gasteiger charge is -2.36. The summed E-state index contributed by atoms with van der Waals surface area (Å²) in [5.74, 6) is 2.68. The van der Waals surface area contributed by atoms with Crippen LogP contribution in [0.3, 0.4) is 0 Å². The molecule has 1 heteroatoms. The fourth-order valence-corrected chi connectivity index (χ4v) is 2.30. The Labute approximate surface area is 55.4 Å². The van der Waals surface area contributed by atoms with Crippen molar-refractivity contribution in [2.24, 2.45) is 17.8 Å². The Balaban J connectivity index is 2.11. The summed E-state index contributed by atoms with van der Waals surface area (Å²) >= 11 is 0. The number of carbonyl (C=O) groups is 1. The van der Waals surface area contributed by atoms with Gasteiger partial charge in [-0.15, -0.1) is 0 Å². The standard InChI is InChI=1S/C8H12O/c1-5-4-7-6(5)2-3-8(7)9/h5-7H,2-4H2,1H3/t5-,6+,7+/m1/s1. The van der Waals surface area contributed by atoms with Gasteiger partial charge in [-0.25, -0.2) is 0 Å². The normalized spacial score (nSPS) is 48.6. The zero-order valence-electron chi connectivity index (χ0n) is 5.76. The Morgan fingerprint density at radius 2 is 2.33 bits per heavy atom. The first-order valence-electron chi connectivity index (χ1n) is 3.82. The highest BCUT2D eigenvalue weighted by Crippen LogP contribution is 2.48. The Bertz CT molecular complexity index is 151. The molecule has 1 nitrogen and oxygen atoms in total. The Hall–Kier alpha value is -0.330. The summed E-state index contributed by atoms with van der Waals surface area (Å²) in [6.07, 6.45) is 3.24. The average molecular weight is 124 g/mol. The zero-order valence-corrected chi connectivity index (χ0v) is 5.76. The van der Waals surface area contributed by atoms with Crippen LogP contribution in [0.1, 0.15) is 26.2 Å². The summed E-state index contributed by atoms with van der Waals surface area (Å²) < 4.78 is 0. The van der Waals surface area contributed by atoms with Crippen molar-refractivity contribution in [3.8, 4) is 0 Å². The quantitative estimate of drug-likeness (QED) is 0.479. The van der Waals surface area contributed by atoms with Gasteiger partial charge in [0.1, 0.15) is 5.78 Å². The monoisotopic (exact) mass is 124 g/mol. The van der Waals surface area contributed by atoms with Crippen molar-refractivity contribution in [1.82, 2.24) is 0 Å². The van der Waals surface area contributed by atoms with Gasteiger partial charge in [0.05, 0.1) is 0 Å². The predicted octanol–water partition coefficient (Wildman–Crippen LogP) is 1.62. The number of carbonyl (C=O) groups excluding carboxylic acids is 1. The Morgan fingerprint density at radius 1 is 1.56 bits per heavy atom. The fourth-order valence-electron chi connectivity index (χ4n) is 2.30. The van der Waals surface area contributed by atoms with E-state index in [4.69, 9.17) is 0 Å². The second-order valence-electron chi connectivity index (χ2n) is 3.49. The van der Waals surface area contributed by atoms with Crippen LogP contribution in [0.5, 0.6) is 0 Å². The van der Waals surface area contributed by atoms with E-state index in [1.165, 1.54) is 12.8 Å². The van der Waals surface area contributed by atoms with Gasteiger partial charge in [-0.2, -0.15) is 0 Å². The van der Waals surface area contributed by atoms with Gasteiger partial charge in [0.15, 0.2) is 0 Å². The van der Waals surface area contributed by atoms with Crippen molar-refractivity contribution in [2.45, 2.75) is 26.2 Å². The second kappa shape index (κ2) is 1.59. The molecule has 0 saturated heterocycles. The maximum absolute atomic E-state index is 11.0. The third kappa shape index (κ3) is 0.577. The number of Topliss-reactive ketones (excluding diaryl/α,β-unsaturated/α-hetero) is 1. The van der Waals surface area contributed by atoms with Gasteiger partial charge in [0.2, 0.25) is 0 Å². The van der Waals surface area contributed by atoms with Crippen LogP contribution in [0.25, 0.3) is 0 Å². The summed E-state index contributed by atoms with van der Waals surface area (Å²) in [6, 6.07) is 0. The van der Waals surface area contributed by atoms with E-state index < -0.39 is 0 Å². The third-order valence-corrected chi connectivity index (χ3v) is 3.01. The van der Waals surface area contributed by atoms with Gasteiger partial charge in [-0.1, -0.05) is 6.92 Å². The van der Waals surface area contributed by atoms with Gasteiger partial charge in [0.25, 0.3) is 0 Å². The lowest BCUT2D eigenvalue weighted by Crippen LogP contribution is -2.33. The first-order chi connectivity index (χ1) is 4.29. The number of hydrogen-bond donors (Lipinski definition) is 0. The van der Waals surface area contributed by atoms with Gasteiger partial charge in [-0.05, 0) is 24.7 Å². The molecule has 0 N–H and O–H groups in total. The van der Waals surface area contributed by atoms with Crippen LogP contribution in [0.4, 0.5) is 0 Å². The first kappa shape index (κ1) is 5.45. The van der Waals surface area contributed by atoms with Crippen molar-refractivity contribution in [2.75, 3.05) is 0 Å². The lowest BCUT2D eigenvalue weighted by atomic mass is 9.67. The highest BCUT2D eigenvalue weighted by atomic mass is 16.1. The Morgan fingerprint density at radius 3 is 2.78 bits per heavy atom. The molecule has 2 saturated carbocycles. The van der Waals surface area contributed by atoms with E-state index in [9.17, 15) is 4.79 Å². The summed E-state index contributed by atoms with van der Waals surface area (Å²) in [7, 11) is 0. The van der Waals surface area contributed by atoms with E-state index in [1.54, 1.807) is 0 Å². The van der Waals surface area contributed by atoms with Gasteiger partial charge in [-0.3, -0.25) is 4.79 Å². The van der Waals surface area contributed by atoms with Crippen LogP contribution < -0.4 is 0 Å². The smallest absolute Gasteiger partial charge is 0.136 e. The van der Waals surface area contributed by atoms with Crippen LogP contribution in [0.2, 0.25) is 0 Å². The van der Waals surface area contributed by atoms with Crippen LogP contribution in [-0.2, 0) is 4.79 Å². The van der Waals surface area contributed by atoms with Crippen LogP contribution in [0, 0.1) is 17.8 Å². The summed E-state index contributed by atoms with van der Waals surface area (Å²) in [5, 5.41) is 0. The molecule has 3 atom stereocenters. The third-order valence-electron chi connectivity index (χ3n) is 3.01. The first-order valence-corrected chi connectivity index (χ1v) is 3.82. The molecule has 0 aromatic carbocycles. The van der Waals surface area contributed by atoms with E-state index in [2.05, 4.69) is 6.92 Å². The van der Waals surface area contributed by atoms with E-state index in [0.717, 1.165) is 18.3 Å². The molecule has 0 spiro atoms. The maximum Gasteiger partial charge on any atom is 0.136 e. The van der Waals surface area contributed by atoms with E-state index in [-0.39, 0.29) is 0 Å². The lowest BCUT2D eigenvalue weighted by molar-refractivity contribution is -0.124. The molecule has 2 aliphatic rings. The number of ketones is 1. The molecule has 50 valence electrons. The molecule has 9 heavy (non-hydrogen) atoms. The molecule has 0 radical (unpaired) electrons. The zero-order chi connectivity index (χ0) is 6.43. The van der Waals surface area contributed by atoms with Crippen molar-refractivity contribution in [3.05, 3.63) is 0 Å². The summed E-state index contributed by atoms with van der Waals surface area (Å²) in [4.78, 5) is 11.0. The minimum atomic E-state index is 0.500. The van der Waals surface area contributed by atoms with E-state index in [0.29, 0.717) is 11.7 Å². The molecule has 0 aliphatic heterocycles. The minimum absolute atomic E-state index is 0.500. The Kier molecular flexibility index (Phi) is 0.961. The molecule has 0 aromatic heterocycles. The van der Waals surface area contributed by atoms with Gasteiger partial charge in [0, 0.05) is 12.3 Å². The molecule has 2 rings (SSSR count). The fraction of sp³-hybridized carbons (Fsp3) is 0.875. The van der Waals surface area contributed by atoms with Crippen molar-refractivity contribution in [1.29, 1.82) is 0 Å². The molecule has 0 amide bonds. The molecular formula is C8H12O. The maximum atomic E-state index is 11.0. The minimum Gasteiger partial charge on any atom is -0.299 e. The number of rotatable bonds is 0.